The Morgan fingerprint density at radius 1 is 1.03 bits per heavy atom. The normalized spacial score (nSPS) is 25.6. The van der Waals surface area contributed by atoms with Gasteiger partial charge in [0.05, 0.1) is 11.6 Å². The maximum Gasteiger partial charge on any atom is 0.307 e. The van der Waals surface area contributed by atoms with Crippen LogP contribution in [-0.4, -0.2) is 49.7 Å². The van der Waals surface area contributed by atoms with Gasteiger partial charge in [-0.2, -0.15) is 0 Å². The number of benzene rings is 1. The Morgan fingerprint density at radius 3 is 2.47 bits per heavy atom. The van der Waals surface area contributed by atoms with Crippen molar-refractivity contribution in [1.29, 1.82) is 0 Å². The van der Waals surface area contributed by atoms with Crippen molar-refractivity contribution in [3.05, 3.63) is 40.4 Å². The monoisotopic (exact) mass is 428 g/mol. The van der Waals surface area contributed by atoms with Crippen LogP contribution in [0.25, 0.3) is 5.69 Å². The van der Waals surface area contributed by atoms with Crippen molar-refractivity contribution in [1.82, 2.24) is 19.7 Å². The second-order valence-electron chi connectivity index (χ2n) is 8.75. The van der Waals surface area contributed by atoms with Gasteiger partial charge in [0.1, 0.15) is 11.6 Å². The molecule has 1 amide bonds. The molecular weight excluding hydrogens is 404 g/mol. The number of carboxylic acid groups (broad SMARTS) is 1. The molecule has 1 aliphatic carbocycles. The largest absolute Gasteiger partial charge is 0.481 e. The second kappa shape index (κ2) is 7.69. The van der Waals surface area contributed by atoms with Crippen LogP contribution in [0.2, 0.25) is 5.02 Å². The second-order valence-corrected chi connectivity index (χ2v) is 9.19. The predicted molar refractivity (Wildman–Crippen MR) is 111 cm³/mol. The lowest BCUT2D eigenvalue weighted by molar-refractivity contribution is -0.142. The molecule has 1 N–H and O–H groups in total. The molecule has 7 nitrogen and oxygen atoms in total. The quantitative estimate of drug-likeness (QED) is 0.810. The summed E-state index contributed by atoms with van der Waals surface area (Å²) in [6.07, 6.45) is 5.42. The Hall–Kier alpha value is -2.41. The molecule has 2 aliphatic heterocycles. The van der Waals surface area contributed by atoms with Crippen LogP contribution in [0.3, 0.4) is 0 Å². The number of nitrogens with zero attached hydrogens (tertiary/aromatic N) is 4. The Labute approximate surface area is 180 Å². The summed E-state index contributed by atoms with van der Waals surface area (Å²) >= 11 is 6.21. The summed E-state index contributed by atoms with van der Waals surface area (Å²) in [5, 5.41) is 19.2. The number of hydrogen-bond donors (Lipinski definition) is 1. The number of hydrogen-bond acceptors (Lipinski definition) is 4. The maximum absolute atomic E-state index is 12.6. The van der Waals surface area contributed by atoms with E-state index in [1.807, 2.05) is 23.1 Å². The summed E-state index contributed by atoms with van der Waals surface area (Å²) in [6.45, 7) is 1.81. The molecule has 5 rings (SSSR count). The average molecular weight is 429 g/mol. The Balaban J connectivity index is 1.43. The standard InChI is InChI=1S/C22H25ClN4O3/c23-17-6-7-18-15(11-17)10-16(22(29)30)12-19-24-25-20(27(18)19)13-2-4-14(5-3-13)21(28)26-8-1-9-26/h6-7,11,13-14,16H,1-5,8-10,12H2,(H,29,30)/t13-,14-,16?. The molecule has 1 atom stereocenters. The minimum absolute atomic E-state index is 0.121. The van der Waals surface area contributed by atoms with Crippen LogP contribution in [0, 0.1) is 11.8 Å². The predicted octanol–water partition coefficient (Wildman–Crippen LogP) is 3.23. The van der Waals surface area contributed by atoms with Crippen LogP contribution in [-0.2, 0) is 22.4 Å². The summed E-state index contributed by atoms with van der Waals surface area (Å²) < 4.78 is 2.05. The zero-order valence-corrected chi connectivity index (χ0v) is 17.5. The highest BCUT2D eigenvalue weighted by molar-refractivity contribution is 6.30. The summed E-state index contributed by atoms with van der Waals surface area (Å²) in [5.74, 6) is 0.845. The molecule has 3 aliphatic rings. The van der Waals surface area contributed by atoms with E-state index in [9.17, 15) is 14.7 Å². The zero-order chi connectivity index (χ0) is 20.8. The summed E-state index contributed by atoms with van der Waals surface area (Å²) in [4.78, 5) is 26.3. The fourth-order valence-corrected chi connectivity index (χ4v) is 5.25. The van der Waals surface area contributed by atoms with Gasteiger partial charge in [-0.25, -0.2) is 0 Å². The molecule has 3 heterocycles. The van der Waals surface area contributed by atoms with Crippen molar-refractivity contribution >= 4 is 23.5 Å². The molecule has 1 saturated heterocycles. The molecule has 2 aromatic rings. The van der Waals surface area contributed by atoms with Gasteiger partial charge in [0.25, 0.3) is 0 Å². The lowest BCUT2D eigenvalue weighted by Crippen LogP contribution is -2.45. The molecule has 1 unspecified atom stereocenters. The number of aliphatic carboxylic acids is 1. The van der Waals surface area contributed by atoms with Gasteiger partial charge in [-0.15, -0.1) is 10.2 Å². The van der Waals surface area contributed by atoms with Crippen LogP contribution in [0.1, 0.15) is 55.2 Å². The van der Waals surface area contributed by atoms with Gasteiger partial charge in [-0.05, 0) is 62.3 Å². The van der Waals surface area contributed by atoms with E-state index in [0.29, 0.717) is 29.6 Å². The van der Waals surface area contributed by atoms with Crippen LogP contribution >= 0.6 is 11.6 Å². The maximum atomic E-state index is 12.6. The van der Waals surface area contributed by atoms with E-state index in [1.165, 1.54) is 0 Å². The summed E-state index contributed by atoms with van der Waals surface area (Å²) in [5.41, 5.74) is 1.84. The number of carbonyl (C=O) groups is 2. The van der Waals surface area contributed by atoms with E-state index < -0.39 is 11.9 Å². The van der Waals surface area contributed by atoms with Gasteiger partial charge in [0, 0.05) is 36.4 Å². The van der Waals surface area contributed by atoms with E-state index in [2.05, 4.69) is 14.8 Å². The number of halogens is 1. The van der Waals surface area contributed by atoms with Gasteiger partial charge in [-0.3, -0.25) is 14.2 Å². The highest BCUT2D eigenvalue weighted by Gasteiger charge is 2.36. The van der Waals surface area contributed by atoms with E-state index in [-0.39, 0.29) is 11.8 Å². The van der Waals surface area contributed by atoms with Crippen LogP contribution in [0.4, 0.5) is 0 Å². The highest BCUT2D eigenvalue weighted by atomic mass is 35.5. The first kappa shape index (κ1) is 19.5. The molecule has 1 saturated carbocycles. The third-order valence-corrected chi connectivity index (χ3v) is 7.13. The summed E-state index contributed by atoms with van der Waals surface area (Å²) in [6, 6.07) is 5.63. The number of rotatable bonds is 3. The van der Waals surface area contributed by atoms with Gasteiger partial charge in [0.2, 0.25) is 5.91 Å². The first-order chi connectivity index (χ1) is 14.5. The van der Waals surface area contributed by atoms with Crippen molar-refractivity contribution in [3.63, 3.8) is 0 Å². The van der Waals surface area contributed by atoms with Gasteiger partial charge in [0.15, 0.2) is 0 Å². The van der Waals surface area contributed by atoms with E-state index in [1.54, 1.807) is 0 Å². The molecule has 0 bridgehead atoms. The number of amides is 1. The van der Waals surface area contributed by atoms with Gasteiger partial charge in [-0.1, -0.05) is 11.6 Å². The molecule has 158 valence electrons. The molecular formula is C22H25ClN4O3. The lowest BCUT2D eigenvalue weighted by atomic mass is 9.80. The first-order valence-electron chi connectivity index (χ1n) is 10.8. The molecule has 2 fully saturated rings. The van der Waals surface area contributed by atoms with E-state index in [0.717, 1.165) is 62.3 Å². The molecule has 1 aromatic heterocycles. The minimum Gasteiger partial charge on any atom is -0.481 e. The smallest absolute Gasteiger partial charge is 0.307 e. The van der Waals surface area contributed by atoms with Gasteiger partial charge < -0.3 is 10.0 Å². The number of aromatic nitrogens is 3. The van der Waals surface area contributed by atoms with Gasteiger partial charge >= 0.3 is 5.97 Å². The zero-order valence-electron chi connectivity index (χ0n) is 16.8. The first-order valence-corrected chi connectivity index (χ1v) is 11.1. The van der Waals surface area contributed by atoms with Crippen molar-refractivity contribution in [2.75, 3.05) is 13.1 Å². The lowest BCUT2D eigenvalue weighted by Gasteiger charge is -2.36. The third-order valence-electron chi connectivity index (χ3n) is 6.89. The van der Waals surface area contributed by atoms with Crippen molar-refractivity contribution in [3.8, 4) is 5.69 Å². The SMILES string of the molecule is O=C(O)C1Cc2cc(Cl)ccc2-n2c(nnc2[C@H]2CC[C@H](C(=O)N3CCC3)CC2)C1. The Kier molecular flexibility index (Phi) is 5.01. The molecule has 1 aromatic carbocycles. The van der Waals surface area contributed by atoms with Crippen LogP contribution in [0.5, 0.6) is 0 Å². The van der Waals surface area contributed by atoms with Crippen molar-refractivity contribution in [2.45, 2.75) is 50.9 Å². The Bertz CT molecular complexity index is 992. The van der Waals surface area contributed by atoms with Crippen molar-refractivity contribution < 1.29 is 14.7 Å². The molecule has 0 radical (unpaired) electrons. The Morgan fingerprint density at radius 2 is 1.80 bits per heavy atom. The number of carbonyl (C=O) groups excluding carboxylic acids is 1. The summed E-state index contributed by atoms with van der Waals surface area (Å²) in [7, 11) is 0. The van der Waals surface area contributed by atoms with Crippen molar-refractivity contribution in [2.24, 2.45) is 11.8 Å². The highest BCUT2D eigenvalue weighted by Crippen LogP contribution is 2.39. The van der Waals surface area contributed by atoms with Crippen LogP contribution < -0.4 is 0 Å². The van der Waals surface area contributed by atoms with Crippen LogP contribution in [0.15, 0.2) is 18.2 Å². The molecule has 0 spiro atoms. The number of fused-ring (bicyclic) bond motifs is 3. The molecule has 30 heavy (non-hydrogen) atoms. The number of likely N-dealkylation sites (tertiary alicyclic amines) is 1. The fraction of sp³-hybridized carbons (Fsp3) is 0.545. The topological polar surface area (TPSA) is 88.3 Å². The number of carboxylic acids is 1. The minimum atomic E-state index is -0.830. The fourth-order valence-electron chi connectivity index (χ4n) is 5.05. The van der Waals surface area contributed by atoms with E-state index >= 15 is 0 Å². The third kappa shape index (κ3) is 3.39. The average Bonchev–Trinajstić information content (AvgIpc) is 3.02. The van der Waals surface area contributed by atoms with E-state index in [4.69, 9.17) is 11.6 Å². The molecule has 8 heteroatoms.